The van der Waals surface area contributed by atoms with Gasteiger partial charge in [-0.3, -0.25) is 0 Å². The van der Waals surface area contributed by atoms with Gasteiger partial charge in [0, 0.05) is 55.5 Å². The van der Waals surface area contributed by atoms with Crippen LogP contribution in [0, 0.1) is 27.7 Å². The van der Waals surface area contributed by atoms with Crippen molar-refractivity contribution >= 4 is 65.2 Å². The molecule has 0 bridgehead atoms. The molecule has 4 heterocycles. The number of nitrogens with one attached hydrogen (secondary N) is 2. The molecular weight excluding hydrogens is 603 g/mol. The highest BCUT2D eigenvalue weighted by Crippen LogP contribution is 2.37. The number of benzene rings is 4. The summed E-state index contributed by atoms with van der Waals surface area (Å²) in [4.78, 5) is 7.34. The zero-order valence-corrected chi connectivity index (χ0v) is 25.2. The monoisotopic (exact) mass is 633 g/mol. The van der Waals surface area contributed by atoms with Gasteiger partial charge in [-0.2, -0.15) is 0 Å². The van der Waals surface area contributed by atoms with E-state index in [0.717, 1.165) is 6.67 Å². The maximum atomic E-state index is 3.67. The molecule has 0 saturated heterocycles. The smallest absolute Gasteiger partial charge is 0.343 e. The van der Waals surface area contributed by atoms with E-state index in [1.165, 1.54) is 87.4 Å². The molecule has 0 amide bonds. The summed E-state index contributed by atoms with van der Waals surface area (Å²) in [6.45, 7) is 9.74. The third kappa shape index (κ3) is 3.43. The van der Waals surface area contributed by atoms with Crippen LogP contribution in [0.25, 0.3) is 65.2 Å². The van der Waals surface area contributed by atoms with Crippen LogP contribution in [0.3, 0.4) is 0 Å². The Kier molecular flexibility index (Phi) is 5.65. The summed E-state index contributed by atoms with van der Waals surface area (Å²) >= 11 is 0. The summed E-state index contributed by atoms with van der Waals surface area (Å²) in [7, 11) is 0. The maximum Gasteiger partial charge on any atom is 0.343 e. The van der Waals surface area contributed by atoms with E-state index in [1.807, 2.05) is 0 Å². The topological polar surface area (TPSA) is 39.3 Å². The minimum absolute atomic E-state index is 0. The summed E-state index contributed by atoms with van der Waals surface area (Å²) in [6.07, 6.45) is 9.05. The Morgan fingerprint density at radius 2 is 0.925 bits per heavy atom. The third-order valence-corrected chi connectivity index (χ3v) is 8.89. The first-order chi connectivity index (χ1) is 19.0. The Bertz CT molecular complexity index is 2140. The van der Waals surface area contributed by atoms with E-state index in [1.54, 1.807) is 0 Å². The first kappa shape index (κ1) is 25.0. The van der Waals surface area contributed by atoms with E-state index < -0.39 is 0 Å². The highest BCUT2D eigenvalue weighted by atomic mass is 127. The molecule has 8 aromatic rings. The molecule has 4 nitrogen and oxygen atoms in total. The molecule has 0 aliphatic heterocycles. The Hall–Kier alpha value is -3.97. The number of pyridine rings is 2. The predicted octanol–water partition coefficient (Wildman–Crippen LogP) is 4.58. The standard InChI is InChI=1S/C35H28N4.HI/c1-20-28-17-38(15-13-24(28)22(3)34-32(20)26-9-5-7-11-30(26)36-34)19-39-16-14-25-23(4)35-33(21(2)29(25)18-39)27-10-6-8-12-31(27)37-35;/h5-18H,19H2,1-4H3;1H/p+1. The van der Waals surface area contributed by atoms with Gasteiger partial charge in [0.25, 0.3) is 0 Å². The second kappa shape index (κ2) is 9.03. The number of aromatic nitrogens is 4. The quantitative estimate of drug-likeness (QED) is 0.207. The fourth-order valence-corrected chi connectivity index (χ4v) is 6.86. The summed E-state index contributed by atoms with van der Waals surface area (Å²) in [5.41, 5.74) is 10.2. The number of rotatable bonds is 2. The Morgan fingerprint density at radius 3 is 1.38 bits per heavy atom. The van der Waals surface area contributed by atoms with Gasteiger partial charge in [-0.1, -0.05) is 36.4 Å². The van der Waals surface area contributed by atoms with Crippen molar-refractivity contribution in [1.29, 1.82) is 0 Å². The lowest BCUT2D eigenvalue weighted by Crippen LogP contribution is -3.00. The number of aromatic amines is 2. The van der Waals surface area contributed by atoms with Gasteiger partial charge in [0.15, 0.2) is 24.8 Å². The van der Waals surface area contributed by atoms with Crippen LogP contribution in [-0.4, -0.2) is 9.97 Å². The van der Waals surface area contributed by atoms with Crippen LogP contribution >= 0.6 is 0 Å². The summed E-state index contributed by atoms with van der Waals surface area (Å²) in [5, 5.41) is 10.5. The number of fused-ring (bicyclic) bond motifs is 8. The van der Waals surface area contributed by atoms with Crippen molar-refractivity contribution in [3.63, 3.8) is 0 Å². The van der Waals surface area contributed by atoms with Crippen molar-refractivity contribution in [2.75, 3.05) is 0 Å². The molecule has 4 aromatic heterocycles. The van der Waals surface area contributed by atoms with Gasteiger partial charge >= 0.3 is 6.67 Å². The molecule has 0 unspecified atom stereocenters. The molecule has 196 valence electrons. The molecule has 0 atom stereocenters. The first-order valence-corrected chi connectivity index (χ1v) is 13.6. The Labute approximate surface area is 249 Å². The molecular formula is C35H30IN4+. The summed E-state index contributed by atoms with van der Waals surface area (Å²) < 4.78 is 4.60. The summed E-state index contributed by atoms with van der Waals surface area (Å²) in [5.74, 6) is 0. The fourth-order valence-electron chi connectivity index (χ4n) is 6.86. The normalized spacial score (nSPS) is 11.9. The minimum atomic E-state index is 0. The van der Waals surface area contributed by atoms with Crippen molar-refractivity contribution < 1.29 is 33.1 Å². The molecule has 0 radical (unpaired) electrons. The summed E-state index contributed by atoms with van der Waals surface area (Å²) in [6, 6.07) is 21.8. The lowest BCUT2D eigenvalue weighted by atomic mass is 9.97. The average Bonchev–Trinajstić information content (AvgIpc) is 3.54. The lowest BCUT2D eigenvalue weighted by Gasteiger charge is -2.09. The van der Waals surface area contributed by atoms with Gasteiger partial charge in [-0.05, 0) is 72.9 Å². The first-order valence-electron chi connectivity index (χ1n) is 13.6. The highest BCUT2D eigenvalue weighted by Gasteiger charge is 2.20. The number of H-pyrrole nitrogens is 2. The van der Waals surface area contributed by atoms with E-state index in [9.17, 15) is 0 Å². The van der Waals surface area contributed by atoms with E-state index >= 15 is 0 Å². The van der Waals surface area contributed by atoms with Gasteiger partial charge < -0.3 is 33.9 Å². The number of hydrogen-bond acceptors (Lipinski definition) is 0. The predicted molar refractivity (Wildman–Crippen MR) is 161 cm³/mol. The van der Waals surface area contributed by atoms with Crippen LogP contribution in [0.5, 0.6) is 0 Å². The van der Waals surface area contributed by atoms with Crippen molar-refractivity contribution in [3.05, 3.63) is 108 Å². The van der Waals surface area contributed by atoms with Crippen LogP contribution in [0.4, 0.5) is 0 Å². The largest absolute Gasteiger partial charge is 1.00 e. The molecule has 2 N–H and O–H groups in total. The van der Waals surface area contributed by atoms with Crippen molar-refractivity contribution in [2.45, 2.75) is 34.4 Å². The molecule has 5 heteroatoms. The molecule has 40 heavy (non-hydrogen) atoms. The van der Waals surface area contributed by atoms with Crippen LogP contribution in [0.2, 0.25) is 0 Å². The van der Waals surface area contributed by atoms with Crippen LogP contribution in [-0.2, 0) is 6.67 Å². The van der Waals surface area contributed by atoms with Gasteiger partial charge in [0.05, 0.1) is 11.0 Å². The van der Waals surface area contributed by atoms with Gasteiger partial charge in [-0.15, -0.1) is 9.13 Å². The maximum absolute atomic E-state index is 3.67. The number of hydrogen-bond donors (Lipinski definition) is 2. The number of halogens is 1. The molecule has 4 aromatic carbocycles. The van der Waals surface area contributed by atoms with Crippen molar-refractivity contribution in [2.24, 2.45) is 0 Å². The molecule has 0 fully saturated rings. The molecule has 8 rings (SSSR count). The second-order valence-corrected chi connectivity index (χ2v) is 11.1. The fraction of sp³-hybridized carbons (Fsp3) is 0.143. The highest BCUT2D eigenvalue weighted by molar-refractivity contribution is 6.17. The molecule has 0 aliphatic carbocycles. The van der Waals surface area contributed by atoms with Crippen LogP contribution < -0.4 is 33.1 Å². The van der Waals surface area contributed by atoms with Crippen LogP contribution in [0.15, 0.2) is 85.5 Å². The number of nitrogens with zero attached hydrogens (tertiary/aromatic N) is 2. The zero-order valence-electron chi connectivity index (χ0n) is 23.1. The molecule has 0 saturated carbocycles. The van der Waals surface area contributed by atoms with Gasteiger partial charge in [0.1, 0.15) is 0 Å². The third-order valence-electron chi connectivity index (χ3n) is 8.89. The van der Waals surface area contributed by atoms with E-state index in [0.29, 0.717) is 0 Å². The number of aryl methyl sites for hydroxylation is 4. The van der Waals surface area contributed by atoms with Gasteiger partial charge in [0.2, 0.25) is 0 Å². The lowest BCUT2D eigenvalue weighted by molar-refractivity contribution is -0.912. The van der Waals surface area contributed by atoms with E-state index in [4.69, 9.17) is 0 Å². The zero-order chi connectivity index (χ0) is 26.4. The minimum Gasteiger partial charge on any atom is -1.00 e. The SMILES string of the molecule is Cc1c2cc[n+](C[n+]3ccc4c(C)c5[nH]c6ccccc6c5c(C)c4c3)cc2c(C)c2c1[nH]c1ccccc12.[I-]. The van der Waals surface area contributed by atoms with E-state index in [-0.39, 0.29) is 24.0 Å². The Morgan fingerprint density at radius 1 is 0.500 bits per heavy atom. The van der Waals surface area contributed by atoms with Crippen molar-refractivity contribution in [3.8, 4) is 0 Å². The average molecular weight is 634 g/mol. The molecule has 0 aliphatic rings. The van der Waals surface area contributed by atoms with Crippen molar-refractivity contribution in [1.82, 2.24) is 9.97 Å². The van der Waals surface area contributed by atoms with Gasteiger partial charge in [-0.25, -0.2) is 0 Å². The second-order valence-electron chi connectivity index (χ2n) is 11.1. The molecule has 0 spiro atoms. The number of para-hydroxylation sites is 2. The van der Waals surface area contributed by atoms with E-state index in [2.05, 4.69) is 132 Å². The Balaban J connectivity index is 0.00000264. The van der Waals surface area contributed by atoms with Crippen LogP contribution in [0.1, 0.15) is 22.3 Å².